The van der Waals surface area contributed by atoms with Crippen LogP contribution in [-0.2, 0) is 4.74 Å². The smallest absolute Gasteiger partial charge is 0.142 e. The van der Waals surface area contributed by atoms with Gasteiger partial charge in [0.25, 0.3) is 0 Å². The third-order valence-electron chi connectivity index (χ3n) is 3.21. The molecule has 0 radical (unpaired) electrons. The van der Waals surface area contributed by atoms with Crippen LogP contribution >= 0.6 is 11.6 Å². The van der Waals surface area contributed by atoms with Crippen molar-refractivity contribution in [2.75, 3.05) is 38.3 Å². The summed E-state index contributed by atoms with van der Waals surface area (Å²) in [5.74, 6) is 0.791. The highest BCUT2D eigenvalue weighted by molar-refractivity contribution is 6.30. The molecule has 0 aromatic heterocycles. The Kier molecular flexibility index (Phi) is 4.91. The normalized spacial score (nSPS) is 16.8. The van der Waals surface area contributed by atoms with Crippen LogP contribution in [0.25, 0.3) is 0 Å². The van der Waals surface area contributed by atoms with Crippen molar-refractivity contribution in [1.29, 1.82) is 0 Å². The molecular weight excluding hydrogens is 266 g/mol. The lowest BCUT2D eigenvalue weighted by Gasteiger charge is -2.40. The van der Waals surface area contributed by atoms with E-state index in [1.54, 1.807) is 0 Å². The van der Waals surface area contributed by atoms with E-state index in [1.807, 2.05) is 18.2 Å². The monoisotopic (exact) mass is 285 g/mol. The molecule has 1 saturated heterocycles. The van der Waals surface area contributed by atoms with E-state index in [0.29, 0.717) is 31.4 Å². The van der Waals surface area contributed by atoms with Crippen LogP contribution in [0.3, 0.4) is 0 Å². The topological polar surface area (TPSA) is 50.7 Å². The van der Waals surface area contributed by atoms with E-state index in [1.165, 1.54) is 0 Å². The first-order valence-corrected chi connectivity index (χ1v) is 6.92. The van der Waals surface area contributed by atoms with Gasteiger partial charge in [-0.3, -0.25) is 0 Å². The van der Waals surface area contributed by atoms with E-state index in [0.717, 1.165) is 17.9 Å². The van der Waals surface area contributed by atoms with Crippen LogP contribution in [0.15, 0.2) is 18.2 Å². The molecule has 0 amide bonds. The van der Waals surface area contributed by atoms with Crippen molar-refractivity contribution in [2.24, 2.45) is 5.41 Å². The maximum Gasteiger partial charge on any atom is 0.142 e. The van der Waals surface area contributed by atoms with Crippen LogP contribution in [0.5, 0.6) is 5.75 Å². The van der Waals surface area contributed by atoms with Crippen molar-refractivity contribution < 1.29 is 14.6 Å². The minimum Gasteiger partial charge on any atom is -0.491 e. The molecule has 5 heteroatoms. The highest BCUT2D eigenvalue weighted by Crippen LogP contribution is 2.32. The molecule has 106 valence electrons. The second kappa shape index (κ2) is 6.46. The number of nitrogens with one attached hydrogen (secondary N) is 1. The van der Waals surface area contributed by atoms with E-state index < -0.39 is 0 Å². The summed E-state index contributed by atoms with van der Waals surface area (Å²) in [6.45, 7) is 4.67. The Morgan fingerprint density at radius 2 is 2.26 bits per heavy atom. The molecule has 0 aliphatic carbocycles. The van der Waals surface area contributed by atoms with Crippen LogP contribution in [0.1, 0.15) is 13.3 Å². The third-order valence-corrected chi connectivity index (χ3v) is 3.44. The largest absolute Gasteiger partial charge is 0.491 e. The molecule has 4 nitrogen and oxygen atoms in total. The highest BCUT2D eigenvalue weighted by Gasteiger charge is 2.37. The molecule has 1 aromatic rings. The second-order valence-electron chi connectivity index (χ2n) is 4.99. The van der Waals surface area contributed by atoms with Crippen molar-refractivity contribution in [1.82, 2.24) is 0 Å². The summed E-state index contributed by atoms with van der Waals surface area (Å²) in [6, 6.07) is 5.52. The number of benzene rings is 1. The average Bonchev–Trinajstić information content (AvgIpc) is 2.37. The molecule has 2 N–H and O–H groups in total. The molecule has 19 heavy (non-hydrogen) atoms. The van der Waals surface area contributed by atoms with Crippen molar-refractivity contribution in [3.05, 3.63) is 23.2 Å². The van der Waals surface area contributed by atoms with Crippen LogP contribution in [-0.4, -0.2) is 38.1 Å². The minimum absolute atomic E-state index is 0.117. The molecule has 0 spiro atoms. The number of aliphatic hydroxyl groups is 1. The van der Waals surface area contributed by atoms with Gasteiger partial charge in [-0.2, -0.15) is 0 Å². The first-order chi connectivity index (χ1) is 9.19. The summed E-state index contributed by atoms with van der Waals surface area (Å²) < 4.78 is 10.9. The van der Waals surface area contributed by atoms with E-state index in [2.05, 4.69) is 12.2 Å². The molecule has 1 aliphatic rings. The Hall–Kier alpha value is -0.970. The van der Waals surface area contributed by atoms with Gasteiger partial charge >= 0.3 is 0 Å². The maximum absolute atomic E-state index is 9.40. The summed E-state index contributed by atoms with van der Waals surface area (Å²) in [6.07, 6.45) is 0.955. The predicted octanol–water partition coefficient (Wildman–Crippen LogP) is 2.55. The van der Waals surface area contributed by atoms with Gasteiger partial charge in [-0.1, -0.05) is 18.5 Å². The van der Waals surface area contributed by atoms with Gasteiger partial charge in [-0.05, 0) is 24.6 Å². The SMILES string of the molecule is CCCOc1ccc(Cl)cc1NCC1(CO)COC1. The van der Waals surface area contributed by atoms with Gasteiger partial charge < -0.3 is 19.9 Å². The van der Waals surface area contributed by atoms with Gasteiger partial charge in [0.2, 0.25) is 0 Å². The summed E-state index contributed by atoms with van der Waals surface area (Å²) in [5, 5.41) is 13.4. The number of hydrogen-bond acceptors (Lipinski definition) is 4. The average molecular weight is 286 g/mol. The summed E-state index contributed by atoms with van der Waals surface area (Å²) in [4.78, 5) is 0. The van der Waals surface area contributed by atoms with E-state index in [9.17, 15) is 5.11 Å². The number of ether oxygens (including phenoxy) is 2. The van der Waals surface area contributed by atoms with Gasteiger partial charge in [-0.15, -0.1) is 0 Å². The summed E-state index contributed by atoms with van der Waals surface area (Å²) in [7, 11) is 0. The molecule has 1 aromatic carbocycles. The first kappa shape index (κ1) is 14.4. The Labute approximate surface area is 118 Å². The van der Waals surface area contributed by atoms with Crippen molar-refractivity contribution >= 4 is 17.3 Å². The zero-order valence-electron chi connectivity index (χ0n) is 11.1. The van der Waals surface area contributed by atoms with E-state index >= 15 is 0 Å². The quantitative estimate of drug-likeness (QED) is 0.808. The van der Waals surface area contributed by atoms with Gasteiger partial charge in [0, 0.05) is 11.6 Å². The van der Waals surface area contributed by atoms with E-state index in [-0.39, 0.29) is 12.0 Å². The zero-order valence-corrected chi connectivity index (χ0v) is 11.9. The van der Waals surface area contributed by atoms with Gasteiger partial charge in [-0.25, -0.2) is 0 Å². The van der Waals surface area contributed by atoms with Crippen molar-refractivity contribution in [2.45, 2.75) is 13.3 Å². The summed E-state index contributed by atoms with van der Waals surface area (Å²) >= 11 is 6.01. The van der Waals surface area contributed by atoms with Crippen molar-refractivity contribution in [3.8, 4) is 5.75 Å². The zero-order chi connectivity index (χ0) is 13.7. The molecule has 1 fully saturated rings. The number of halogens is 1. The molecule has 0 saturated carbocycles. The molecular formula is C14H20ClNO3. The summed E-state index contributed by atoms with van der Waals surface area (Å²) in [5.41, 5.74) is 0.685. The molecule has 0 unspecified atom stereocenters. The van der Waals surface area contributed by atoms with Crippen LogP contribution in [0, 0.1) is 5.41 Å². The Balaban J connectivity index is 2.03. The molecule has 1 aliphatic heterocycles. The van der Waals surface area contributed by atoms with E-state index in [4.69, 9.17) is 21.1 Å². The number of aliphatic hydroxyl groups excluding tert-OH is 1. The lowest BCUT2D eigenvalue weighted by atomic mass is 9.87. The fraction of sp³-hybridized carbons (Fsp3) is 0.571. The Bertz CT molecular complexity index is 416. The fourth-order valence-corrected chi connectivity index (χ4v) is 2.07. The van der Waals surface area contributed by atoms with Crippen molar-refractivity contribution in [3.63, 3.8) is 0 Å². The van der Waals surface area contributed by atoms with Gasteiger partial charge in [0.05, 0.1) is 37.5 Å². The molecule has 0 bridgehead atoms. The number of rotatable bonds is 7. The van der Waals surface area contributed by atoms with Crippen LogP contribution in [0.2, 0.25) is 5.02 Å². The standard InChI is InChI=1S/C14H20ClNO3/c1-2-5-19-13-4-3-11(15)6-12(13)16-7-14(8-17)9-18-10-14/h3-4,6,16-17H,2,5,7-10H2,1H3. The maximum atomic E-state index is 9.40. The lowest BCUT2D eigenvalue weighted by molar-refractivity contribution is -0.128. The molecule has 1 heterocycles. The van der Waals surface area contributed by atoms with Gasteiger partial charge in [0.1, 0.15) is 5.75 Å². The second-order valence-corrected chi connectivity index (χ2v) is 5.43. The molecule has 2 rings (SSSR count). The highest BCUT2D eigenvalue weighted by atomic mass is 35.5. The van der Waals surface area contributed by atoms with Crippen LogP contribution < -0.4 is 10.1 Å². The Morgan fingerprint density at radius 3 is 2.84 bits per heavy atom. The third kappa shape index (κ3) is 3.53. The number of hydrogen-bond donors (Lipinski definition) is 2. The number of anilines is 1. The van der Waals surface area contributed by atoms with Gasteiger partial charge in [0.15, 0.2) is 0 Å². The first-order valence-electron chi connectivity index (χ1n) is 6.54. The lowest BCUT2D eigenvalue weighted by Crippen LogP contribution is -2.50. The minimum atomic E-state index is -0.176. The van der Waals surface area contributed by atoms with Crippen LogP contribution in [0.4, 0.5) is 5.69 Å². The fourth-order valence-electron chi connectivity index (χ4n) is 1.90. The molecule has 0 atom stereocenters. The predicted molar refractivity (Wildman–Crippen MR) is 76.1 cm³/mol. The Morgan fingerprint density at radius 1 is 1.47 bits per heavy atom.